The van der Waals surface area contributed by atoms with Gasteiger partial charge in [-0.05, 0) is 39.3 Å². The minimum atomic E-state index is -0.228. The number of carbonyl (C=O) groups is 1. The SMILES string of the molecule is Cc1ccc(O)c(C)c1-n1c(N)c(C(=O)N2CCn3ncnc3C2)c2nc(C)c(C)nc21. The number of fused-ring (bicyclic) bond motifs is 2. The Balaban J connectivity index is 1.75. The van der Waals surface area contributed by atoms with E-state index in [0.29, 0.717) is 47.6 Å². The standard InChI is InChI=1S/C22H24N8O2/c1-11-5-6-15(31)12(2)19(11)30-20(23)17(18-21(30)27-14(4)13(3)26-18)22(32)28-7-8-29-16(9-28)24-10-25-29/h5-6,10,31H,7-9,23H2,1-4H3. The number of hydrogen-bond donors (Lipinski definition) is 2. The Morgan fingerprint density at radius 3 is 2.62 bits per heavy atom. The van der Waals surface area contributed by atoms with Crippen LogP contribution in [0.1, 0.15) is 38.7 Å². The summed E-state index contributed by atoms with van der Waals surface area (Å²) < 4.78 is 3.53. The molecule has 0 bridgehead atoms. The average Bonchev–Trinajstić information content (AvgIpc) is 3.33. The van der Waals surface area contributed by atoms with Gasteiger partial charge in [0.15, 0.2) is 5.65 Å². The van der Waals surface area contributed by atoms with Crippen molar-refractivity contribution >= 4 is 22.9 Å². The Morgan fingerprint density at radius 1 is 1.09 bits per heavy atom. The number of rotatable bonds is 2. The van der Waals surface area contributed by atoms with Gasteiger partial charge in [0, 0.05) is 12.1 Å². The van der Waals surface area contributed by atoms with Gasteiger partial charge in [0.05, 0.1) is 30.2 Å². The number of nitrogen functional groups attached to an aromatic ring is 1. The minimum Gasteiger partial charge on any atom is -0.508 e. The molecule has 0 aliphatic carbocycles. The Labute approximate surface area is 184 Å². The van der Waals surface area contributed by atoms with Crippen LogP contribution in [-0.4, -0.2) is 51.8 Å². The zero-order valence-corrected chi connectivity index (χ0v) is 18.4. The lowest BCUT2D eigenvalue weighted by Gasteiger charge is -2.26. The van der Waals surface area contributed by atoms with E-state index in [4.69, 9.17) is 15.7 Å². The highest BCUT2D eigenvalue weighted by Crippen LogP contribution is 2.36. The van der Waals surface area contributed by atoms with Crippen molar-refractivity contribution < 1.29 is 9.90 Å². The molecule has 0 radical (unpaired) electrons. The quantitative estimate of drug-likeness (QED) is 0.497. The van der Waals surface area contributed by atoms with E-state index >= 15 is 0 Å². The van der Waals surface area contributed by atoms with E-state index in [1.54, 1.807) is 20.2 Å². The van der Waals surface area contributed by atoms with Gasteiger partial charge in [-0.1, -0.05) is 6.07 Å². The maximum absolute atomic E-state index is 13.7. The van der Waals surface area contributed by atoms with E-state index in [1.165, 1.54) is 6.33 Å². The van der Waals surface area contributed by atoms with Crippen molar-refractivity contribution in [1.29, 1.82) is 0 Å². The Bertz CT molecular complexity index is 1400. The van der Waals surface area contributed by atoms with Gasteiger partial charge in [0.2, 0.25) is 0 Å². The molecule has 3 aromatic heterocycles. The van der Waals surface area contributed by atoms with Gasteiger partial charge >= 0.3 is 0 Å². The molecular weight excluding hydrogens is 408 g/mol. The number of anilines is 1. The van der Waals surface area contributed by atoms with Crippen molar-refractivity contribution in [1.82, 2.24) is 34.2 Å². The van der Waals surface area contributed by atoms with Crippen molar-refractivity contribution in [3.63, 3.8) is 0 Å². The summed E-state index contributed by atoms with van der Waals surface area (Å²) in [5.74, 6) is 0.893. The van der Waals surface area contributed by atoms with E-state index in [1.807, 2.05) is 33.8 Å². The van der Waals surface area contributed by atoms with Crippen LogP contribution in [0.3, 0.4) is 0 Å². The molecule has 10 nitrogen and oxygen atoms in total. The lowest BCUT2D eigenvalue weighted by atomic mass is 10.1. The van der Waals surface area contributed by atoms with Gasteiger partial charge in [0.1, 0.15) is 34.8 Å². The number of nitrogens with two attached hydrogens (primary N) is 1. The third-order valence-corrected chi connectivity index (χ3v) is 6.17. The molecule has 1 amide bonds. The van der Waals surface area contributed by atoms with Crippen molar-refractivity contribution in [3.8, 4) is 11.4 Å². The fourth-order valence-corrected chi connectivity index (χ4v) is 4.26. The van der Waals surface area contributed by atoms with Gasteiger partial charge in [-0.25, -0.2) is 19.6 Å². The number of carbonyl (C=O) groups excluding carboxylic acids is 1. The molecule has 1 aromatic carbocycles. The molecule has 0 unspecified atom stereocenters. The summed E-state index contributed by atoms with van der Waals surface area (Å²) in [6.45, 7) is 8.87. The number of nitrogens with zero attached hydrogens (tertiary/aromatic N) is 7. The van der Waals surface area contributed by atoms with Gasteiger partial charge < -0.3 is 15.7 Å². The van der Waals surface area contributed by atoms with Crippen molar-refractivity contribution in [2.45, 2.75) is 40.8 Å². The van der Waals surface area contributed by atoms with Crippen LogP contribution in [0.25, 0.3) is 16.9 Å². The molecule has 4 aromatic rings. The normalized spacial score (nSPS) is 13.6. The lowest BCUT2D eigenvalue weighted by Crippen LogP contribution is -2.39. The first kappa shape index (κ1) is 20.0. The third-order valence-electron chi connectivity index (χ3n) is 6.17. The second kappa shape index (κ2) is 7.04. The molecule has 0 atom stereocenters. The molecule has 32 heavy (non-hydrogen) atoms. The average molecular weight is 432 g/mol. The van der Waals surface area contributed by atoms with Crippen LogP contribution in [0.15, 0.2) is 18.5 Å². The number of hydrogen-bond acceptors (Lipinski definition) is 7. The predicted octanol–water partition coefficient (Wildman–Crippen LogP) is 2.19. The smallest absolute Gasteiger partial charge is 0.260 e. The largest absolute Gasteiger partial charge is 0.508 e. The molecule has 0 saturated carbocycles. The summed E-state index contributed by atoms with van der Waals surface area (Å²) in [5.41, 5.74) is 11.6. The fraction of sp³-hybridized carbons (Fsp3) is 0.318. The molecule has 0 spiro atoms. The fourth-order valence-electron chi connectivity index (χ4n) is 4.26. The maximum Gasteiger partial charge on any atom is 0.260 e. The molecule has 0 saturated heterocycles. The lowest BCUT2D eigenvalue weighted by molar-refractivity contribution is 0.0705. The van der Waals surface area contributed by atoms with E-state index in [-0.39, 0.29) is 17.5 Å². The highest BCUT2D eigenvalue weighted by Gasteiger charge is 2.31. The monoisotopic (exact) mass is 432 g/mol. The predicted molar refractivity (Wildman–Crippen MR) is 119 cm³/mol. The van der Waals surface area contributed by atoms with Crippen LogP contribution in [-0.2, 0) is 13.1 Å². The number of aromatic hydroxyl groups is 1. The first-order valence-corrected chi connectivity index (χ1v) is 10.4. The van der Waals surface area contributed by atoms with E-state index in [9.17, 15) is 9.90 Å². The van der Waals surface area contributed by atoms with Gasteiger partial charge in [0.25, 0.3) is 5.91 Å². The van der Waals surface area contributed by atoms with Gasteiger partial charge in [-0.3, -0.25) is 9.36 Å². The summed E-state index contributed by atoms with van der Waals surface area (Å²) in [6, 6.07) is 3.46. The van der Waals surface area contributed by atoms with Crippen molar-refractivity contribution in [2.75, 3.05) is 12.3 Å². The number of aromatic nitrogens is 6. The van der Waals surface area contributed by atoms with Crippen molar-refractivity contribution in [3.05, 3.63) is 52.4 Å². The molecule has 3 N–H and O–H groups in total. The second-order valence-electron chi connectivity index (χ2n) is 8.16. The van der Waals surface area contributed by atoms with E-state index < -0.39 is 0 Å². The zero-order valence-electron chi connectivity index (χ0n) is 18.4. The summed E-state index contributed by atoms with van der Waals surface area (Å²) in [6.07, 6.45) is 1.49. The number of phenolic OH excluding ortho intramolecular Hbond substituents is 1. The van der Waals surface area contributed by atoms with Crippen LogP contribution < -0.4 is 5.73 Å². The second-order valence-corrected chi connectivity index (χ2v) is 8.16. The first-order valence-electron chi connectivity index (χ1n) is 10.4. The molecule has 5 rings (SSSR count). The van der Waals surface area contributed by atoms with E-state index in [0.717, 1.165) is 22.8 Å². The van der Waals surface area contributed by atoms with Crippen LogP contribution in [0.5, 0.6) is 5.75 Å². The summed E-state index contributed by atoms with van der Waals surface area (Å²) in [7, 11) is 0. The summed E-state index contributed by atoms with van der Waals surface area (Å²) in [5, 5.41) is 14.5. The van der Waals surface area contributed by atoms with Crippen LogP contribution in [0.4, 0.5) is 5.82 Å². The van der Waals surface area contributed by atoms with Gasteiger partial charge in [-0.15, -0.1) is 0 Å². The summed E-state index contributed by atoms with van der Waals surface area (Å²) in [4.78, 5) is 29.1. The highest BCUT2D eigenvalue weighted by atomic mass is 16.3. The van der Waals surface area contributed by atoms with Crippen LogP contribution in [0.2, 0.25) is 0 Å². The molecule has 164 valence electrons. The van der Waals surface area contributed by atoms with Gasteiger partial charge in [-0.2, -0.15) is 5.10 Å². The Hall–Kier alpha value is -3.95. The van der Waals surface area contributed by atoms with Crippen LogP contribution in [0, 0.1) is 27.7 Å². The molecule has 1 aliphatic heterocycles. The minimum absolute atomic E-state index is 0.145. The maximum atomic E-state index is 13.7. The third kappa shape index (κ3) is 2.83. The van der Waals surface area contributed by atoms with Crippen molar-refractivity contribution in [2.24, 2.45) is 0 Å². The molecule has 10 heteroatoms. The Morgan fingerprint density at radius 2 is 1.84 bits per heavy atom. The molecular formula is C22H24N8O2. The number of aryl methyl sites for hydroxylation is 3. The first-order chi connectivity index (χ1) is 15.3. The molecule has 1 aliphatic rings. The number of phenols is 1. The van der Waals surface area contributed by atoms with Crippen LogP contribution >= 0.6 is 0 Å². The Kier molecular flexibility index (Phi) is 4.40. The van der Waals surface area contributed by atoms with E-state index in [2.05, 4.69) is 10.1 Å². The topological polar surface area (TPSA) is 128 Å². The zero-order chi connectivity index (χ0) is 22.7. The molecule has 4 heterocycles. The molecule has 0 fully saturated rings. The number of amides is 1. The summed E-state index contributed by atoms with van der Waals surface area (Å²) >= 11 is 0. The number of benzene rings is 1. The highest BCUT2D eigenvalue weighted by molar-refractivity contribution is 6.10.